The first kappa shape index (κ1) is 12.5. The van der Waals surface area contributed by atoms with Gasteiger partial charge < -0.3 is 0 Å². The van der Waals surface area contributed by atoms with Crippen molar-refractivity contribution in [1.29, 1.82) is 0 Å². The molecule has 1 heterocycles. The second kappa shape index (κ2) is 5.50. The first-order chi connectivity index (χ1) is 6.60. The monoisotopic (exact) mass is 261 g/mol. The van der Waals surface area contributed by atoms with Crippen LogP contribution in [0, 0.1) is 5.92 Å². The second-order valence-corrected chi connectivity index (χ2v) is 5.82. The lowest BCUT2D eigenvalue weighted by molar-refractivity contribution is 0.150. The van der Waals surface area contributed by atoms with Crippen molar-refractivity contribution in [3.8, 4) is 0 Å². The van der Waals surface area contributed by atoms with Gasteiger partial charge >= 0.3 is 0 Å². The Bertz CT molecular complexity index is 168. The van der Waals surface area contributed by atoms with Crippen LogP contribution in [-0.4, -0.2) is 28.9 Å². The Morgan fingerprint density at radius 1 is 1.43 bits per heavy atom. The molecule has 0 spiro atoms. The number of likely N-dealkylation sites (tertiary alicyclic amines) is 1. The van der Waals surface area contributed by atoms with E-state index >= 15 is 0 Å². The predicted molar refractivity (Wildman–Crippen MR) is 67.1 cm³/mol. The third-order valence-electron chi connectivity index (χ3n) is 3.47. The molecule has 1 fully saturated rings. The van der Waals surface area contributed by atoms with Crippen molar-refractivity contribution in [3.63, 3.8) is 0 Å². The van der Waals surface area contributed by atoms with E-state index in [1.165, 1.54) is 38.8 Å². The van der Waals surface area contributed by atoms with E-state index in [4.69, 9.17) is 0 Å². The molecule has 1 unspecified atom stereocenters. The molecular formula is C12H24BrN. The molecule has 0 bridgehead atoms. The molecule has 1 rings (SSSR count). The summed E-state index contributed by atoms with van der Waals surface area (Å²) in [6.45, 7) is 9.64. The zero-order valence-corrected chi connectivity index (χ0v) is 11.4. The number of hydrogen-bond acceptors (Lipinski definition) is 1. The summed E-state index contributed by atoms with van der Waals surface area (Å²) in [4.78, 5) is 2.68. The molecule has 1 atom stereocenters. The molecule has 84 valence electrons. The van der Waals surface area contributed by atoms with Crippen molar-refractivity contribution in [2.75, 3.05) is 18.4 Å². The van der Waals surface area contributed by atoms with Gasteiger partial charge in [-0.3, -0.25) is 4.90 Å². The van der Waals surface area contributed by atoms with Gasteiger partial charge in [-0.1, -0.05) is 29.3 Å². The van der Waals surface area contributed by atoms with Gasteiger partial charge in [0.15, 0.2) is 0 Å². The maximum absolute atomic E-state index is 3.64. The zero-order valence-electron chi connectivity index (χ0n) is 9.85. The van der Waals surface area contributed by atoms with Gasteiger partial charge in [-0.2, -0.15) is 0 Å². The molecule has 0 N–H and O–H groups in total. The zero-order chi connectivity index (χ0) is 10.6. The first-order valence-electron chi connectivity index (χ1n) is 5.91. The van der Waals surface area contributed by atoms with E-state index in [1.54, 1.807) is 0 Å². The number of rotatable bonds is 5. The van der Waals surface area contributed by atoms with Gasteiger partial charge in [-0.05, 0) is 45.6 Å². The molecule has 1 saturated heterocycles. The summed E-state index contributed by atoms with van der Waals surface area (Å²) in [5.74, 6) is 0.845. The molecule has 1 aliphatic rings. The van der Waals surface area contributed by atoms with Crippen molar-refractivity contribution in [1.82, 2.24) is 4.90 Å². The van der Waals surface area contributed by atoms with Gasteiger partial charge in [-0.25, -0.2) is 0 Å². The molecule has 0 aromatic rings. The van der Waals surface area contributed by atoms with Crippen LogP contribution >= 0.6 is 15.9 Å². The van der Waals surface area contributed by atoms with Crippen LogP contribution in [0.1, 0.15) is 46.5 Å². The molecule has 1 aliphatic heterocycles. The van der Waals surface area contributed by atoms with E-state index in [0.29, 0.717) is 5.54 Å². The number of hydrogen-bond donors (Lipinski definition) is 0. The summed E-state index contributed by atoms with van der Waals surface area (Å²) in [6.07, 6.45) is 5.42. The topological polar surface area (TPSA) is 3.24 Å². The summed E-state index contributed by atoms with van der Waals surface area (Å²) in [7, 11) is 0. The molecule has 0 aromatic heterocycles. The maximum Gasteiger partial charge on any atom is 0.0153 e. The number of alkyl halides is 1. The highest BCUT2D eigenvalue weighted by Crippen LogP contribution is 2.29. The highest BCUT2D eigenvalue weighted by molar-refractivity contribution is 9.09. The van der Waals surface area contributed by atoms with Crippen molar-refractivity contribution >= 4 is 15.9 Å². The Labute approximate surface area is 97.4 Å². The summed E-state index contributed by atoms with van der Waals surface area (Å²) in [5.41, 5.74) is 0.453. The lowest BCUT2D eigenvalue weighted by Gasteiger charge is -2.34. The number of halogens is 1. The summed E-state index contributed by atoms with van der Waals surface area (Å²) in [5, 5.41) is 1.16. The molecule has 1 nitrogen and oxygen atoms in total. The summed E-state index contributed by atoms with van der Waals surface area (Å²) >= 11 is 3.64. The largest absolute Gasteiger partial charge is 0.298 e. The minimum Gasteiger partial charge on any atom is -0.298 e. The second-order valence-electron chi connectivity index (χ2n) is 5.17. The van der Waals surface area contributed by atoms with Crippen LogP contribution in [0.2, 0.25) is 0 Å². The van der Waals surface area contributed by atoms with E-state index in [9.17, 15) is 0 Å². The highest BCUT2D eigenvalue weighted by atomic mass is 79.9. The fourth-order valence-electron chi connectivity index (χ4n) is 2.44. The lowest BCUT2D eigenvalue weighted by Crippen LogP contribution is -2.41. The van der Waals surface area contributed by atoms with Crippen molar-refractivity contribution in [2.45, 2.75) is 52.0 Å². The van der Waals surface area contributed by atoms with Gasteiger partial charge in [0.1, 0.15) is 0 Å². The Kier molecular flexibility index (Phi) is 4.92. The van der Waals surface area contributed by atoms with E-state index in [1.807, 2.05) is 0 Å². The van der Waals surface area contributed by atoms with Gasteiger partial charge in [0.25, 0.3) is 0 Å². The third kappa shape index (κ3) is 3.23. The molecule has 0 radical (unpaired) electrons. The van der Waals surface area contributed by atoms with E-state index < -0.39 is 0 Å². The molecule has 2 heteroatoms. The van der Waals surface area contributed by atoms with E-state index in [2.05, 4.69) is 41.6 Å². The van der Waals surface area contributed by atoms with Crippen LogP contribution in [-0.2, 0) is 0 Å². The van der Waals surface area contributed by atoms with Gasteiger partial charge in [0, 0.05) is 17.4 Å². The van der Waals surface area contributed by atoms with Crippen LogP contribution in [0.3, 0.4) is 0 Å². The Balaban J connectivity index is 2.41. The molecule has 0 saturated carbocycles. The van der Waals surface area contributed by atoms with Crippen molar-refractivity contribution in [3.05, 3.63) is 0 Å². The molecule has 0 amide bonds. The Hall–Kier alpha value is 0.440. The van der Waals surface area contributed by atoms with Crippen LogP contribution in [0.15, 0.2) is 0 Å². The maximum atomic E-state index is 3.64. The lowest BCUT2D eigenvalue weighted by atomic mass is 9.99. The fraction of sp³-hybridized carbons (Fsp3) is 1.00. The number of nitrogens with zero attached hydrogens (tertiary/aromatic N) is 1. The summed E-state index contributed by atoms with van der Waals surface area (Å²) in [6, 6.07) is 0. The van der Waals surface area contributed by atoms with Crippen LogP contribution in [0.25, 0.3) is 0 Å². The van der Waals surface area contributed by atoms with Crippen molar-refractivity contribution < 1.29 is 0 Å². The standard InChI is InChI=1S/C12H24BrN/c1-4-6-11(9-13)10-14-8-5-7-12(14,2)3/h11H,4-10H2,1-3H3. The Morgan fingerprint density at radius 3 is 2.57 bits per heavy atom. The molecule has 14 heavy (non-hydrogen) atoms. The Morgan fingerprint density at radius 2 is 2.14 bits per heavy atom. The SMILES string of the molecule is CCCC(CBr)CN1CCCC1(C)C. The van der Waals surface area contributed by atoms with Crippen molar-refractivity contribution in [2.24, 2.45) is 5.92 Å². The first-order valence-corrected chi connectivity index (χ1v) is 7.03. The van der Waals surface area contributed by atoms with Crippen LogP contribution < -0.4 is 0 Å². The smallest absolute Gasteiger partial charge is 0.0153 e. The average Bonchev–Trinajstić information content (AvgIpc) is 2.45. The van der Waals surface area contributed by atoms with Gasteiger partial charge in [-0.15, -0.1) is 0 Å². The minimum absolute atomic E-state index is 0.453. The average molecular weight is 262 g/mol. The van der Waals surface area contributed by atoms with Gasteiger partial charge in [0.2, 0.25) is 0 Å². The van der Waals surface area contributed by atoms with E-state index in [-0.39, 0.29) is 0 Å². The van der Waals surface area contributed by atoms with Crippen LogP contribution in [0.4, 0.5) is 0 Å². The highest BCUT2D eigenvalue weighted by Gasteiger charge is 2.32. The van der Waals surface area contributed by atoms with Crippen LogP contribution in [0.5, 0.6) is 0 Å². The molecule has 0 aromatic carbocycles. The third-order valence-corrected chi connectivity index (χ3v) is 4.38. The minimum atomic E-state index is 0.453. The molecular weight excluding hydrogens is 238 g/mol. The normalized spacial score (nSPS) is 24.0. The molecule has 0 aliphatic carbocycles. The fourth-order valence-corrected chi connectivity index (χ4v) is 2.97. The predicted octanol–water partition coefficient (Wildman–Crippen LogP) is 3.67. The van der Waals surface area contributed by atoms with Gasteiger partial charge in [0.05, 0.1) is 0 Å². The van der Waals surface area contributed by atoms with E-state index in [0.717, 1.165) is 11.2 Å². The quantitative estimate of drug-likeness (QED) is 0.683. The summed E-state index contributed by atoms with van der Waals surface area (Å²) < 4.78 is 0.